The zero-order valence-electron chi connectivity index (χ0n) is 12.1. The topological polar surface area (TPSA) is 57.7 Å². The number of benzene rings is 1. The molecule has 0 saturated carbocycles. The lowest BCUT2D eigenvalue weighted by Crippen LogP contribution is -2.25. The second-order valence-electron chi connectivity index (χ2n) is 6.26. The number of aromatic nitrogens is 4. The lowest BCUT2D eigenvalue weighted by atomic mass is 9.78. The zero-order chi connectivity index (χ0) is 14.0. The van der Waals surface area contributed by atoms with Crippen LogP contribution in [0.3, 0.4) is 0 Å². The Morgan fingerprint density at radius 3 is 2.80 bits per heavy atom. The van der Waals surface area contributed by atoms with Crippen LogP contribution in [0.15, 0.2) is 30.3 Å². The summed E-state index contributed by atoms with van der Waals surface area (Å²) < 4.78 is 0. The lowest BCUT2D eigenvalue weighted by molar-refractivity contribution is 0.289. The van der Waals surface area contributed by atoms with Crippen molar-refractivity contribution in [3.8, 4) is 0 Å². The van der Waals surface area contributed by atoms with Gasteiger partial charge in [0.1, 0.15) is 0 Å². The second-order valence-corrected chi connectivity index (χ2v) is 6.26. The van der Waals surface area contributed by atoms with Crippen LogP contribution in [-0.4, -0.2) is 45.2 Å². The number of aromatic amines is 1. The minimum Gasteiger partial charge on any atom is -0.302 e. The summed E-state index contributed by atoms with van der Waals surface area (Å²) in [7, 11) is 0. The van der Waals surface area contributed by atoms with Gasteiger partial charge in [0, 0.05) is 32.0 Å². The summed E-state index contributed by atoms with van der Waals surface area (Å²) >= 11 is 0. The maximum absolute atomic E-state index is 4.02. The Morgan fingerprint density at radius 1 is 1.30 bits per heavy atom. The average Bonchev–Trinajstić information content (AvgIpc) is 3.04. The fraction of sp³-hybridized carbons (Fsp3) is 0.533. The number of nitrogens with zero attached hydrogens (tertiary/aromatic N) is 4. The molecule has 2 heterocycles. The van der Waals surface area contributed by atoms with Crippen molar-refractivity contribution in [2.45, 2.75) is 26.2 Å². The molecule has 1 aliphatic rings. The minimum atomic E-state index is 0.304. The number of hydrogen-bond acceptors (Lipinski definition) is 4. The monoisotopic (exact) mass is 271 g/mol. The van der Waals surface area contributed by atoms with E-state index < -0.39 is 0 Å². The summed E-state index contributed by atoms with van der Waals surface area (Å²) in [5, 5.41) is 14.1. The highest BCUT2D eigenvalue weighted by Gasteiger charge is 2.39. The van der Waals surface area contributed by atoms with Gasteiger partial charge in [-0.15, -0.1) is 10.2 Å². The third kappa shape index (κ3) is 2.72. The van der Waals surface area contributed by atoms with Gasteiger partial charge in [-0.25, -0.2) is 0 Å². The van der Waals surface area contributed by atoms with E-state index in [9.17, 15) is 0 Å². The van der Waals surface area contributed by atoms with Crippen molar-refractivity contribution in [1.29, 1.82) is 0 Å². The Hall–Kier alpha value is -1.75. The summed E-state index contributed by atoms with van der Waals surface area (Å²) in [4.78, 5) is 2.51. The van der Waals surface area contributed by atoms with E-state index in [1.807, 2.05) is 0 Å². The van der Waals surface area contributed by atoms with E-state index in [0.717, 1.165) is 31.9 Å². The molecule has 1 atom stereocenters. The second kappa shape index (κ2) is 5.32. The molecular weight excluding hydrogens is 250 g/mol. The first-order valence-corrected chi connectivity index (χ1v) is 7.15. The quantitative estimate of drug-likeness (QED) is 0.922. The van der Waals surface area contributed by atoms with E-state index in [1.54, 1.807) is 0 Å². The molecule has 5 heteroatoms. The normalized spacial score (nSPS) is 22.2. The predicted molar refractivity (Wildman–Crippen MR) is 77.3 cm³/mol. The Bertz CT molecular complexity index is 535. The van der Waals surface area contributed by atoms with E-state index in [4.69, 9.17) is 0 Å². The van der Waals surface area contributed by atoms with Crippen LogP contribution in [0, 0.1) is 5.41 Å². The van der Waals surface area contributed by atoms with Crippen LogP contribution >= 0.6 is 0 Å². The highest BCUT2D eigenvalue weighted by Crippen LogP contribution is 2.42. The van der Waals surface area contributed by atoms with Crippen molar-refractivity contribution < 1.29 is 0 Å². The fourth-order valence-electron chi connectivity index (χ4n) is 3.22. The molecule has 1 aromatic heterocycles. The number of likely N-dealkylation sites (tertiary alicyclic amines) is 1. The summed E-state index contributed by atoms with van der Waals surface area (Å²) in [6.07, 6.45) is 0.855. The Labute approximate surface area is 119 Å². The molecule has 1 aliphatic heterocycles. The van der Waals surface area contributed by atoms with Crippen LogP contribution in [0.2, 0.25) is 0 Å². The first-order valence-electron chi connectivity index (χ1n) is 7.15. The van der Waals surface area contributed by atoms with E-state index >= 15 is 0 Å². The minimum absolute atomic E-state index is 0.304. The number of nitrogens with one attached hydrogen (secondary N) is 1. The molecule has 106 valence electrons. The van der Waals surface area contributed by atoms with Crippen molar-refractivity contribution in [1.82, 2.24) is 25.5 Å². The predicted octanol–water partition coefficient (Wildman–Crippen LogP) is 1.87. The van der Waals surface area contributed by atoms with Gasteiger partial charge in [0.05, 0.1) is 0 Å². The number of H-pyrrole nitrogens is 1. The van der Waals surface area contributed by atoms with Gasteiger partial charge in [0.2, 0.25) is 0 Å². The molecule has 1 unspecified atom stereocenters. The first-order chi connectivity index (χ1) is 9.65. The smallest absolute Gasteiger partial charge is 0.175 e. The molecule has 0 radical (unpaired) electrons. The van der Waals surface area contributed by atoms with Crippen LogP contribution in [-0.2, 0) is 6.42 Å². The van der Waals surface area contributed by atoms with Gasteiger partial charge in [0.15, 0.2) is 5.82 Å². The highest BCUT2D eigenvalue weighted by atomic mass is 15.5. The molecule has 5 nitrogen and oxygen atoms in total. The van der Waals surface area contributed by atoms with Crippen LogP contribution in [0.4, 0.5) is 0 Å². The molecular formula is C15H21N5. The number of tetrazole rings is 1. The molecule has 2 aromatic rings. The van der Waals surface area contributed by atoms with E-state index in [-0.39, 0.29) is 0 Å². The fourth-order valence-corrected chi connectivity index (χ4v) is 3.22. The number of rotatable bonds is 4. The first kappa shape index (κ1) is 13.2. The van der Waals surface area contributed by atoms with Crippen LogP contribution in [0.1, 0.15) is 31.2 Å². The molecule has 0 aliphatic carbocycles. The van der Waals surface area contributed by atoms with Crippen molar-refractivity contribution in [2.24, 2.45) is 5.41 Å². The van der Waals surface area contributed by atoms with E-state index in [2.05, 4.69) is 69.7 Å². The molecule has 0 spiro atoms. The van der Waals surface area contributed by atoms with Crippen LogP contribution < -0.4 is 0 Å². The third-order valence-electron chi connectivity index (χ3n) is 4.26. The van der Waals surface area contributed by atoms with Crippen LogP contribution in [0.5, 0.6) is 0 Å². The molecule has 1 fully saturated rings. The molecule has 1 N–H and O–H groups in total. The van der Waals surface area contributed by atoms with Crippen molar-refractivity contribution >= 4 is 0 Å². The van der Waals surface area contributed by atoms with Crippen molar-refractivity contribution in [3.05, 3.63) is 41.7 Å². The van der Waals surface area contributed by atoms with E-state index in [1.165, 1.54) is 5.56 Å². The van der Waals surface area contributed by atoms with Gasteiger partial charge < -0.3 is 4.90 Å². The van der Waals surface area contributed by atoms with E-state index in [0.29, 0.717) is 11.3 Å². The summed E-state index contributed by atoms with van der Waals surface area (Å²) in [6, 6.07) is 10.8. The summed E-state index contributed by atoms with van der Waals surface area (Å²) in [6.45, 7) is 7.93. The summed E-state index contributed by atoms with van der Waals surface area (Å²) in [5.41, 5.74) is 1.75. The summed E-state index contributed by atoms with van der Waals surface area (Å²) in [5.74, 6) is 1.39. The van der Waals surface area contributed by atoms with Crippen molar-refractivity contribution in [2.75, 3.05) is 19.6 Å². The van der Waals surface area contributed by atoms with Gasteiger partial charge in [-0.05, 0) is 11.0 Å². The third-order valence-corrected chi connectivity index (χ3v) is 4.26. The lowest BCUT2D eigenvalue weighted by Gasteiger charge is -2.26. The standard InChI is InChI=1S/C15H21N5/c1-15(2)11-20(9-8-14-16-18-19-17-14)10-13(15)12-6-4-3-5-7-12/h3-7,13H,8-11H2,1-2H3,(H,16,17,18,19). The Kier molecular flexibility index (Phi) is 3.53. The molecule has 20 heavy (non-hydrogen) atoms. The van der Waals surface area contributed by atoms with Gasteiger partial charge in [-0.3, -0.25) is 0 Å². The van der Waals surface area contributed by atoms with Gasteiger partial charge in [-0.1, -0.05) is 49.4 Å². The zero-order valence-corrected chi connectivity index (χ0v) is 12.1. The molecule has 0 amide bonds. The number of hydrogen-bond donors (Lipinski definition) is 1. The highest BCUT2D eigenvalue weighted by molar-refractivity contribution is 5.24. The molecule has 0 bridgehead atoms. The molecule has 3 rings (SSSR count). The largest absolute Gasteiger partial charge is 0.302 e. The maximum Gasteiger partial charge on any atom is 0.175 e. The van der Waals surface area contributed by atoms with Crippen molar-refractivity contribution in [3.63, 3.8) is 0 Å². The average molecular weight is 271 g/mol. The Balaban J connectivity index is 1.66. The Morgan fingerprint density at radius 2 is 2.10 bits per heavy atom. The van der Waals surface area contributed by atoms with Crippen LogP contribution in [0.25, 0.3) is 0 Å². The van der Waals surface area contributed by atoms with Gasteiger partial charge >= 0.3 is 0 Å². The molecule has 1 aromatic carbocycles. The SMILES string of the molecule is CC1(C)CN(CCc2nn[nH]n2)CC1c1ccccc1. The van der Waals surface area contributed by atoms with Gasteiger partial charge in [0.25, 0.3) is 0 Å². The maximum atomic E-state index is 4.02. The van der Waals surface area contributed by atoms with Gasteiger partial charge in [-0.2, -0.15) is 5.21 Å². The molecule has 1 saturated heterocycles.